The summed E-state index contributed by atoms with van der Waals surface area (Å²) in [6, 6.07) is 5.98. The van der Waals surface area contributed by atoms with Crippen LogP contribution in [0.25, 0.3) is 0 Å². The van der Waals surface area contributed by atoms with Crippen molar-refractivity contribution in [3.05, 3.63) is 12.7 Å². The minimum Gasteiger partial charge on any atom is -0.444 e. The van der Waals surface area contributed by atoms with Gasteiger partial charge in [0.2, 0.25) is 0 Å². The van der Waals surface area contributed by atoms with E-state index in [1.165, 1.54) is 6.08 Å². The summed E-state index contributed by atoms with van der Waals surface area (Å²) in [4.78, 5) is 24.8. The minimum absolute atomic E-state index is 0. The van der Waals surface area contributed by atoms with E-state index in [9.17, 15) is 9.59 Å². The Hall–Kier alpha value is -3.33. The Morgan fingerprint density at radius 3 is 1.41 bits per heavy atom. The van der Waals surface area contributed by atoms with Crippen LogP contribution in [-0.4, -0.2) is 67.6 Å². The van der Waals surface area contributed by atoms with Crippen molar-refractivity contribution in [2.45, 2.75) is 132 Å². The number of carbonyl (C=O) groups excluding carboxylic acids is 2. The third-order valence-corrected chi connectivity index (χ3v) is 5.04. The third-order valence-electron chi connectivity index (χ3n) is 5.04. The highest BCUT2D eigenvalue weighted by atomic mass is 16.6. The van der Waals surface area contributed by atoms with E-state index < -0.39 is 11.2 Å². The zero-order valence-electron chi connectivity index (χ0n) is 27.1. The average Bonchev–Trinajstić information content (AvgIpc) is 2.89. The standard InChI is InChI=1S/C17H30N4O2.C11H24N2O2.C3H3N.2CH4/c1-17(2,3)23-16(22)20-12-6-4-5-7-13-21(14-8-10-18)15-9-11-19;1-11(2,3)15-10(14)13-9-7-5-4-6-8-12;1-2-3-4;;/h4-9,12-15H2,1-3H3,(H,20,22);4-9,12H2,1-3H3,(H,13,14);2H,1H2;2*1H4. The molecule has 0 heterocycles. The number of allylic oxidation sites excluding steroid dienone is 1. The number of nitrogens with one attached hydrogen (secondary N) is 2. The summed E-state index contributed by atoms with van der Waals surface area (Å²) in [5, 5.41) is 30.3. The van der Waals surface area contributed by atoms with Gasteiger partial charge in [-0.05, 0) is 80.3 Å². The van der Waals surface area contributed by atoms with Gasteiger partial charge in [-0.2, -0.15) is 15.8 Å². The largest absolute Gasteiger partial charge is 0.444 e. The number of nitrogens with two attached hydrogens (primary N) is 1. The number of rotatable bonds is 17. The van der Waals surface area contributed by atoms with E-state index in [0.29, 0.717) is 25.9 Å². The van der Waals surface area contributed by atoms with Crippen molar-refractivity contribution >= 4 is 12.2 Å². The first-order chi connectivity index (χ1) is 19.8. The lowest BCUT2D eigenvalue weighted by atomic mass is 10.2. The number of alkyl carbamates (subject to hydrolysis) is 2. The van der Waals surface area contributed by atoms with E-state index >= 15 is 0 Å². The molecule has 0 saturated carbocycles. The van der Waals surface area contributed by atoms with E-state index in [4.69, 9.17) is 31.0 Å². The van der Waals surface area contributed by atoms with Gasteiger partial charge in [-0.1, -0.05) is 47.1 Å². The Labute approximate surface area is 270 Å². The van der Waals surface area contributed by atoms with Crippen LogP contribution in [0.2, 0.25) is 0 Å². The highest BCUT2D eigenvalue weighted by molar-refractivity contribution is 5.67. The molecule has 0 bridgehead atoms. The van der Waals surface area contributed by atoms with E-state index in [1.807, 2.05) is 41.5 Å². The quantitative estimate of drug-likeness (QED) is 0.112. The molecule has 256 valence electrons. The molecule has 0 aliphatic rings. The SMILES string of the molecule is C.C.C=CC#N.CC(C)(C)OC(=O)NCCCCCCN.CC(C)(C)OC(=O)NCCCCCCN(CCC#N)CCC#N. The second-order valence-corrected chi connectivity index (χ2v) is 11.5. The average molecular weight is 624 g/mol. The van der Waals surface area contributed by atoms with Gasteiger partial charge in [0.15, 0.2) is 0 Å². The maximum atomic E-state index is 11.4. The predicted molar refractivity (Wildman–Crippen MR) is 181 cm³/mol. The summed E-state index contributed by atoms with van der Waals surface area (Å²) >= 11 is 0. The predicted octanol–water partition coefficient (Wildman–Crippen LogP) is 7.20. The number of amides is 2. The molecule has 0 fully saturated rings. The minimum atomic E-state index is -0.458. The van der Waals surface area contributed by atoms with Crippen molar-refractivity contribution in [2.24, 2.45) is 5.73 Å². The molecule has 0 radical (unpaired) electrons. The van der Waals surface area contributed by atoms with Crippen molar-refractivity contribution in [2.75, 3.05) is 39.3 Å². The van der Waals surface area contributed by atoms with E-state index in [1.54, 1.807) is 6.07 Å². The van der Waals surface area contributed by atoms with Crippen LogP contribution in [0.5, 0.6) is 0 Å². The zero-order chi connectivity index (χ0) is 32.7. The van der Waals surface area contributed by atoms with Crippen LogP contribution < -0.4 is 16.4 Å². The molecule has 4 N–H and O–H groups in total. The second-order valence-electron chi connectivity index (χ2n) is 11.5. The Bertz CT molecular complexity index is 798. The molecule has 2 amide bonds. The molecule has 0 saturated heterocycles. The summed E-state index contributed by atoms with van der Waals surface area (Å²) in [7, 11) is 0. The van der Waals surface area contributed by atoms with E-state index in [0.717, 1.165) is 77.5 Å². The molecule has 0 aromatic carbocycles. The summed E-state index contributed by atoms with van der Waals surface area (Å²) in [5.41, 5.74) is 4.50. The number of ether oxygens (including phenoxy) is 2. The molecule has 11 nitrogen and oxygen atoms in total. The van der Waals surface area contributed by atoms with Gasteiger partial charge in [-0.25, -0.2) is 9.59 Å². The number of carbonyl (C=O) groups is 2. The number of unbranched alkanes of at least 4 members (excludes halogenated alkanes) is 6. The molecular formula is C33H65N7O4. The lowest BCUT2D eigenvalue weighted by Gasteiger charge is -2.20. The molecule has 0 rings (SSSR count). The lowest BCUT2D eigenvalue weighted by molar-refractivity contribution is 0.0515. The molecular weight excluding hydrogens is 558 g/mol. The van der Waals surface area contributed by atoms with Crippen LogP contribution in [0, 0.1) is 34.0 Å². The van der Waals surface area contributed by atoms with Gasteiger partial charge in [0.1, 0.15) is 11.2 Å². The van der Waals surface area contributed by atoms with Crippen molar-refractivity contribution in [1.29, 1.82) is 15.8 Å². The van der Waals surface area contributed by atoms with Gasteiger partial charge >= 0.3 is 12.2 Å². The Balaban J connectivity index is -0.000000209. The number of hydrogen-bond donors (Lipinski definition) is 3. The highest BCUT2D eigenvalue weighted by Crippen LogP contribution is 2.08. The topological polar surface area (TPSA) is 177 Å². The van der Waals surface area contributed by atoms with Crippen molar-refractivity contribution < 1.29 is 19.1 Å². The lowest BCUT2D eigenvalue weighted by Crippen LogP contribution is -2.33. The Morgan fingerprint density at radius 2 is 1.09 bits per heavy atom. The zero-order valence-corrected chi connectivity index (χ0v) is 27.1. The molecule has 0 atom stereocenters. The van der Waals surface area contributed by atoms with Crippen LogP contribution in [0.15, 0.2) is 12.7 Å². The summed E-state index contributed by atoms with van der Waals surface area (Å²) in [6.07, 6.45) is 9.87. The van der Waals surface area contributed by atoms with E-state index in [-0.39, 0.29) is 27.0 Å². The van der Waals surface area contributed by atoms with Gasteiger partial charge in [-0.3, -0.25) is 0 Å². The highest BCUT2D eigenvalue weighted by Gasteiger charge is 2.16. The fourth-order valence-corrected chi connectivity index (χ4v) is 3.20. The van der Waals surface area contributed by atoms with Crippen molar-refractivity contribution in [3.63, 3.8) is 0 Å². The van der Waals surface area contributed by atoms with Crippen LogP contribution >= 0.6 is 0 Å². The second kappa shape index (κ2) is 34.2. The summed E-state index contributed by atoms with van der Waals surface area (Å²) in [6.45, 7) is 18.7. The van der Waals surface area contributed by atoms with Crippen LogP contribution in [0.3, 0.4) is 0 Å². The van der Waals surface area contributed by atoms with Crippen LogP contribution in [0.4, 0.5) is 9.59 Å². The first-order valence-corrected chi connectivity index (χ1v) is 14.9. The molecule has 0 aromatic rings. The molecule has 0 spiro atoms. The van der Waals surface area contributed by atoms with Gasteiger partial charge < -0.3 is 30.7 Å². The molecule has 0 unspecified atom stereocenters. The fourth-order valence-electron chi connectivity index (χ4n) is 3.20. The molecule has 0 aromatic heterocycles. The maximum absolute atomic E-state index is 11.4. The Morgan fingerprint density at radius 1 is 0.727 bits per heavy atom. The molecule has 0 aliphatic carbocycles. The van der Waals surface area contributed by atoms with Crippen molar-refractivity contribution in [1.82, 2.24) is 15.5 Å². The molecule has 11 heteroatoms. The van der Waals surface area contributed by atoms with Gasteiger partial charge in [-0.15, -0.1) is 0 Å². The third kappa shape index (κ3) is 48.4. The van der Waals surface area contributed by atoms with Gasteiger partial charge in [0, 0.05) is 45.1 Å². The number of nitrogens with zero attached hydrogens (tertiary/aromatic N) is 4. The number of hydrogen-bond acceptors (Lipinski definition) is 9. The fraction of sp³-hybridized carbons (Fsp3) is 0.788. The first kappa shape index (κ1) is 50.3. The van der Waals surface area contributed by atoms with Crippen LogP contribution in [0.1, 0.15) is 121 Å². The maximum Gasteiger partial charge on any atom is 0.407 e. The van der Waals surface area contributed by atoms with E-state index in [2.05, 4.69) is 34.3 Å². The smallest absolute Gasteiger partial charge is 0.407 e. The normalized spacial score (nSPS) is 9.84. The van der Waals surface area contributed by atoms with Gasteiger partial charge in [0.25, 0.3) is 0 Å². The monoisotopic (exact) mass is 624 g/mol. The first-order valence-electron chi connectivity index (χ1n) is 14.9. The summed E-state index contributed by atoms with van der Waals surface area (Å²) < 4.78 is 10.3. The molecule has 0 aliphatic heterocycles. The summed E-state index contributed by atoms with van der Waals surface area (Å²) in [5.74, 6) is 0. The van der Waals surface area contributed by atoms with Crippen molar-refractivity contribution in [3.8, 4) is 18.2 Å². The van der Waals surface area contributed by atoms with Gasteiger partial charge in [0.05, 0.1) is 18.2 Å². The van der Waals surface area contributed by atoms with Crippen LogP contribution in [-0.2, 0) is 9.47 Å². The number of nitriles is 3. The Kier molecular flexibility index (Phi) is 39.1. The molecule has 44 heavy (non-hydrogen) atoms.